The molecule has 0 heterocycles. The summed E-state index contributed by atoms with van der Waals surface area (Å²) in [6, 6.07) is 8.91. The molecule has 0 fully saturated rings. The Morgan fingerprint density at radius 2 is 1.70 bits per heavy atom. The second-order valence-electron chi connectivity index (χ2n) is 3.86. The number of carbonyl (C=O) groups excluding carboxylic acids is 1. The summed E-state index contributed by atoms with van der Waals surface area (Å²) in [4.78, 5) is 11.3. The summed E-state index contributed by atoms with van der Waals surface area (Å²) in [5.74, 6) is -0.0493. The van der Waals surface area contributed by atoms with Gasteiger partial charge < -0.3 is 4.52 Å². The molecule has 0 aliphatic rings. The van der Waals surface area contributed by atoms with Gasteiger partial charge in [0.25, 0.3) is 0 Å². The van der Waals surface area contributed by atoms with Crippen LogP contribution in [0, 0.1) is 0 Å². The molecule has 0 amide bonds. The van der Waals surface area contributed by atoms with Crippen LogP contribution in [0.5, 0.6) is 0 Å². The van der Waals surface area contributed by atoms with Crippen molar-refractivity contribution in [2.24, 2.45) is 0 Å². The Morgan fingerprint density at radius 1 is 1.15 bits per heavy atom. The summed E-state index contributed by atoms with van der Waals surface area (Å²) in [6.07, 6.45) is 1.26. The molecular formula is C14H19O5P. The van der Waals surface area contributed by atoms with Crippen LogP contribution in [0.25, 0.3) is 5.76 Å². The number of ketones is 1. The molecule has 5 nitrogen and oxygen atoms in total. The molecule has 110 valence electrons. The van der Waals surface area contributed by atoms with Gasteiger partial charge in [-0.2, -0.15) is 0 Å². The Balaban J connectivity index is 3.07. The van der Waals surface area contributed by atoms with Gasteiger partial charge in [-0.1, -0.05) is 30.3 Å². The smallest absolute Gasteiger partial charge is 0.403 e. The van der Waals surface area contributed by atoms with Gasteiger partial charge in [-0.15, -0.1) is 0 Å². The molecule has 1 rings (SSSR count). The third kappa shape index (κ3) is 5.29. The lowest BCUT2D eigenvalue weighted by atomic mass is 10.1. The molecule has 0 aromatic heterocycles. The molecule has 0 unspecified atom stereocenters. The Hall–Kier alpha value is -1.42. The third-order valence-corrected chi connectivity index (χ3v) is 3.75. The van der Waals surface area contributed by atoms with Crippen LogP contribution in [0.4, 0.5) is 0 Å². The SMILES string of the molecule is CCOP(=O)(OCC)O/C(=C/C(C)=O)c1ccccc1. The number of allylic oxidation sites excluding steroid dienone is 1. The van der Waals surface area contributed by atoms with Gasteiger partial charge >= 0.3 is 7.82 Å². The van der Waals surface area contributed by atoms with Gasteiger partial charge in [0.1, 0.15) is 5.76 Å². The lowest BCUT2D eigenvalue weighted by molar-refractivity contribution is -0.112. The fraction of sp³-hybridized carbons (Fsp3) is 0.357. The minimum atomic E-state index is -3.72. The van der Waals surface area contributed by atoms with Gasteiger partial charge in [0, 0.05) is 11.6 Å². The number of hydrogen-bond acceptors (Lipinski definition) is 5. The molecule has 0 radical (unpaired) electrons. The molecule has 1 aromatic carbocycles. The first-order valence-corrected chi connectivity index (χ1v) is 7.83. The lowest BCUT2D eigenvalue weighted by Crippen LogP contribution is -2.01. The Morgan fingerprint density at radius 3 is 2.15 bits per heavy atom. The van der Waals surface area contributed by atoms with E-state index >= 15 is 0 Å². The lowest BCUT2D eigenvalue weighted by Gasteiger charge is -2.19. The van der Waals surface area contributed by atoms with Crippen LogP contribution in [-0.2, 0) is 22.9 Å². The topological polar surface area (TPSA) is 61.8 Å². The van der Waals surface area contributed by atoms with Gasteiger partial charge in [-0.25, -0.2) is 4.57 Å². The maximum Gasteiger partial charge on any atom is 0.530 e. The number of hydrogen-bond donors (Lipinski definition) is 0. The fourth-order valence-corrected chi connectivity index (χ4v) is 2.69. The molecule has 20 heavy (non-hydrogen) atoms. The summed E-state index contributed by atoms with van der Waals surface area (Å²) >= 11 is 0. The second kappa shape index (κ2) is 8.00. The molecule has 0 saturated heterocycles. The van der Waals surface area contributed by atoms with Crippen molar-refractivity contribution in [3.8, 4) is 0 Å². The zero-order valence-corrected chi connectivity index (χ0v) is 12.8. The maximum absolute atomic E-state index is 12.4. The monoisotopic (exact) mass is 298 g/mol. The van der Waals surface area contributed by atoms with Gasteiger partial charge in [-0.05, 0) is 20.8 Å². The van der Waals surface area contributed by atoms with Crippen LogP contribution in [0.1, 0.15) is 26.3 Å². The van der Waals surface area contributed by atoms with Gasteiger partial charge in [0.15, 0.2) is 5.78 Å². The predicted octanol–water partition coefficient (Wildman–Crippen LogP) is 3.81. The van der Waals surface area contributed by atoms with Crippen molar-refractivity contribution >= 4 is 19.4 Å². The number of phosphoric ester groups is 1. The Kier molecular flexibility index (Phi) is 6.65. The van der Waals surface area contributed by atoms with E-state index in [4.69, 9.17) is 13.6 Å². The molecule has 0 saturated carbocycles. The van der Waals surface area contributed by atoms with E-state index in [0.717, 1.165) is 0 Å². The summed E-state index contributed by atoms with van der Waals surface area (Å²) in [5.41, 5.74) is 0.627. The van der Waals surface area contributed by atoms with Crippen molar-refractivity contribution in [3.63, 3.8) is 0 Å². The van der Waals surface area contributed by atoms with E-state index in [9.17, 15) is 9.36 Å². The molecule has 0 aliphatic heterocycles. The van der Waals surface area contributed by atoms with E-state index in [1.807, 2.05) is 6.07 Å². The quantitative estimate of drug-likeness (QED) is 0.415. The van der Waals surface area contributed by atoms with Gasteiger partial charge in [-0.3, -0.25) is 13.8 Å². The van der Waals surface area contributed by atoms with Gasteiger partial charge in [0.2, 0.25) is 0 Å². The molecule has 1 aromatic rings. The minimum absolute atomic E-state index is 0.170. The Labute approximate surface area is 119 Å². The summed E-state index contributed by atoms with van der Waals surface area (Å²) in [6.45, 7) is 5.12. The van der Waals surface area contributed by atoms with Crippen LogP contribution in [0.15, 0.2) is 36.4 Å². The highest BCUT2D eigenvalue weighted by Gasteiger charge is 2.28. The molecule has 0 aliphatic carbocycles. The van der Waals surface area contributed by atoms with E-state index in [2.05, 4.69) is 0 Å². The summed E-state index contributed by atoms with van der Waals surface area (Å²) in [5, 5.41) is 0. The highest BCUT2D eigenvalue weighted by atomic mass is 31.2. The maximum atomic E-state index is 12.4. The molecule has 0 spiro atoms. The van der Waals surface area contributed by atoms with Crippen LogP contribution in [0.2, 0.25) is 0 Å². The molecular weight excluding hydrogens is 279 g/mol. The first-order chi connectivity index (χ1) is 9.50. The standard InChI is InChI=1S/C14H19O5P/c1-4-17-20(16,18-5-2)19-14(11-12(3)15)13-9-7-6-8-10-13/h6-11H,4-5H2,1-3H3/b14-11+. The molecule has 0 N–H and O–H groups in total. The molecule has 0 atom stereocenters. The number of phosphoric acid groups is 1. The normalized spacial score (nSPS) is 12.2. The van der Waals surface area contributed by atoms with Gasteiger partial charge in [0.05, 0.1) is 13.2 Å². The average molecular weight is 298 g/mol. The average Bonchev–Trinajstić information content (AvgIpc) is 2.39. The van der Waals surface area contributed by atoms with Crippen LogP contribution >= 0.6 is 7.82 Å². The van der Waals surface area contributed by atoms with E-state index < -0.39 is 7.82 Å². The largest absolute Gasteiger partial charge is 0.530 e. The van der Waals surface area contributed by atoms with Crippen LogP contribution < -0.4 is 0 Å². The zero-order valence-electron chi connectivity index (χ0n) is 11.9. The molecule has 6 heteroatoms. The first kappa shape index (κ1) is 16.6. The van der Waals surface area contributed by atoms with Crippen molar-refractivity contribution in [1.82, 2.24) is 0 Å². The van der Waals surface area contributed by atoms with E-state index in [1.165, 1.54) is 13.0 Å². The molecule has 0 bridgehead atoms. The number of carbonyl (C=O) groups is 1. The fourth-order valence-electron chi connectivity index (χ4n) is 1.48. The third-order valence-electron chi connectivity index (χ3n) is 2.18. The van der Waals surface area contributed by atoms with Crippen molar-refractivity contribution < 1.29 is 22.9 Å². The van der Waals surface area contributed by atoms with Crippen molar-refractivity contribution in [1.29, 1.82) is 0 Å². The van der Waals surface area contributed by atoms with Crippen LogP contribution in [0.3, 0.4) is 0 Å². The van der Waals surface area contributed by atoms with E-state index in [0.29, 0.717) is 5.56 Å². The van der Waals surface area contributed by atoms with Crippen molar-refractivity contribution in [3.05, 3.63) is 42.0 Å². The van der Waals surface area contributed by atoms with E-state index in [-0.39, 0.29) is 24.8 Å². The summed E-state index contributed by atoms with van der Waals surface area (Å²) < 4.78 is 27.9. The second-order valence-corrected chi connectivity index (χ2v) is 5.45. The highest BCUT2D eigenvalue weighted by molar-refractivity contribution is 7.48. The first-order valence-electron chi connectivity index (χ1n) is 6.37. The van der Waals surface area contributed by atoms with Crippen molar-refractivity contribution in [2.45, 2.75) is 20.8 Å². The predicted molar refractivity (Wildman–Crippen MR) is 77.0 cm³/mol. The minimum Gasteiger partial charge on any atom is -0.403 e. The summed E-state index contributed by atoms with van der Waals surface area (Å²) in [7, 11) is -3.72. The number of benzene rings is 1. The van der Waals surface area contributed by atoms with Crippen LogP contribution in [-0.4, -0.2) is 19.0 Å². The number of rotatable bonds is 8. The zero-order chi connectivity index (χ0) is 15.0. The van der Waals surface area contributed by atoms with E-state index in [1.54, 1.807) is 38.1 Å². The highest BCUT2D eigenvalue weighted by Crippen LogP contribution is 2.52. The van der Waals surface area contributed by atoms with Crippen molar-refractivity contribution in [2.75, 3.05) is 13.2 Å². The Bertz CT molecular complexity index is 500.